The van der Waals surface area contributed by atoms with Crippen LogP contribution in [0.15, 0.2) is 18.2 Å². The standard InChI is InChI=1S/C41H59FN8O6/c1-28-35(24-33-32-23-30(42)12-13-34(32)47-40(33)55)46-29(2)39(28)41(56)44-16-10-17-48-19-21-49(22-20-48)27-37(53)43-15-9-7-5-3-4-6-8-11-36(52)45-25-38(54)50-18-14-31(51)26-50/h12-13,23-24,31,46,51H,3-11,14-22,25-27H2,1-2H3,(H,43,53)(H,44,56)(H,45,52)(H,47,55)/b33-24-/t31-/m1/s1. The monoisotopic (exact) mass is 778 g/mol. The maximum absolute atomic E-state index is 13.9. The van der Waals surface area contributed by atoms with E-state index in [1.54, 1.807) is 11.0 Å². The molecule has 2 fully saturated rings. The highest BCUT2D eigenvalue weighted by Gasteiger charge is 2.27. The molecule has 0 bridgehead atoms. The quantitative estimate of drug-likeness (QED) is 0.0878. The van der Waals surface area contributed by atoms with Crippen molar-refractivity contribution in [3.05, 3.63) is 52.1 Å². The number of piperazine rings is 1. The van der Waals surface area contributed by atoms with Crippen molar-refractivity contribution >= 4 is 46.9 Å². The van der Waals surface area contributed by atoms with Gasteiger partial charge in [-0.25, -0.2) is 4.39 Å². The van der Waals surface area contributed by atoms with Gasteiger partial charge in [-0.05, 0) is 75.9 Å². The molecule has 3 aliphatic heterocycles. The minimum Gasteiger partial charge on any atom is -0.391 e. The highest BCUT2D eigenvalue weighted by Crippen LogP contribution is 2.34. The van der Waals surface area contributed by atoms with Gasteiger partial charge in [-0.3, -0.25) is 28.9 Å². The van der Waals surface area contributed by atoms with E-state index in [2.05, 4.69) is 36.1 Å². The predicted molar refractivity (Wildman–Crippen MR) is 213 cm³/mol. The first-order chi connectivity index (χ1) is 27.0. The average molecular weight is 779 g/mol. The lowest BCUT2D eigenvalue weighted by Gasteiger charge is -2.34. The van der Waals surface area contributed by atoms with Crippen molar-refractivity contribution < 1.29 is 33.5 Å². The number of hydrogen-bond acceptors (Lipinski definition) is 8. The second kappa shape index (κ2) is 21.1. The molecule has 0 aliphatic carbocycles. The van der Waals surface area contributed by atoms with E-state index in [1.807, 2.05) is 13.8 Å². The van der Waals surface area contributed by atoms with Crippen LogP contribution in [0, 0.1) is 19.7 Å². The number of benzene rings is 1. The van der Waals surface area contributed by atoms with Crippen molar-refractivity contribution in [2.45, 2.75) is 84.2 Å². The number of halogens is 1. The van der Waals surface area contributed by atoms with E-state index < -0.39 is 11.9 Å². The Labute approximate surface area is 329 Å². The number of aryl methyl sites for hydroxylation is 1. The van der Waals surface area contributed by atoms with Gasteiger partial charge < -0.3 is 41.2 Å². The number of rotatable bonds is 20. The molecule has 3 aliphatic rings. The summed E-state index contributed by atoms with van der Waals surface area (Å²) < 4.78 is 13.9. The van der Waals surface area contributed by atoms with Gasteiger partial charge in [0.1, 0.15) is 5.82 Å². The van der Waals surface area contributed by atoms with Crippen molar-refractivity contribution in [3.63, 3.8) is 0 Å². The van der Waals surface area contributed by atoms with E-state index in [0.29, 0.717) is 79.3 Å². The van der Waals surface area contributed by atoms with Crippen molar-refractivity contribution in [2.75, 3.05) is 77.3 Å². The number of β-amino-alcohol motifs (C(OH)–C–C–N with tert-alkyl or cyclic N) is 1. The second-order valence-electron chi connectivity index (χ2n) is 15.2. The first kappa shape index (κ1) is 42.5. The Morgan fingerprint density at radius 2 is 1.57 bits per heavy atom. The normalized spacial score (nSPS) is 17.9. The number of unbranched alkanes of at least 4 members (excludes halogenated alkanes) is 6. The predicted octanol–water partition coefficient (Wildman–Crippen LogP) is 2.95. The number of aliphatic hydroxyl groups excluding tert-OH is 1. The number of anilines is 1. The molecule has 56 heavy (non-hydrogen) atoms. The van der Waals surface area contributed by atoms with Gasteiger partial charge in [0.05, 0.1) is 30.3 Å². The molecule has 1 aromatic carbocycles. The van der Waals surface area contributed by atoms with Crippen molar-refractivity contribution in [1.82, 2.24) is 35.6 Å². The minimum atomic E-state index is -0.457. The Morgan fingerprint density at radius 3 is 2.30 bits per heavy atom. The van der Waals surface area contributed by atoms with Gasteiger partial charge in [-0.1, -0.05) is 32.1 Å². The summed E-state index contributed by atoms with van der Waals surface area (Å²) in [6.45, 7) is 10.3. The molecule has 1 aromatic heterocycles. The third-order valence-corrected chi connectivity index (χ3v) is 10.9. The van der Waals surface area contributed by atoms with Crippen molar-refractivity contribution in [2.24, 2.45) is 0 Å². The molecule has 0 spiro atoms. The molecule has 2 aromatic rings. The number of carbonyl (C=O) groups excluding carboxylic acids is 5. The summed E-state index contributed by atoms with van der Waals surface area (Å²) in [5.74, 6) is -1.11. The lowest BCUT2D eigenvalue weighted by molar-refractivity contribution is -0.132. The number of hydrogen-bond donors (Lipinski definition) is 6. The molecular formula is C41H59FN8O6. The topological polar surface area (TPSA) is 179 Å². The van der Waals surface area contributed by atoms with Gasteiger partial charge in [0.25, 0.3) is 11.8 Å². The molecule has 0 radical (unpaired) electrons. The maximum Gasteiger partial charge on any atom is 0.256 e. The summed E-state index contributed by atoms with van der Waals surface area (Å²) >= 11 is 0. The van der Waals surface area contributed by atoms with E-state index in [9.17, 15) is 33.5 Å². The smallest absolute Gasteiger partial charge is 0.256 e. The number of aromatic nitrogens is 1. The third kappa shape index (κ3) is 12.5. The Hall–Kier alpha value is -4.60. The van der Waals surface area contributed by atoms with Crippen LogP contribution in [0.3, 0.4) is 0 Å². The molecule has 15 heteroatoms. The van der Waals surface area contributed by atoms with Gasteiger partial charge in [0.15, 0.2) is 0 Å². The van der Waals surface area contributed by atoms with Crippen LogP contribution in [0.4, 0.5) is 10.1 Å². The van der Waals surface area contributed by atoms with Gasteiger partial charge in [-0.2, -0.15) is 0 Å². The largest absolute Gasteiger partial charge is 0.391 e. The summed E-state index contributed by atoms with van der Waals surface area (Å²) in [6.07, 6.45) is 10.0. The van der Waals surface area contributed by atoms with Crippen LogP contribution in [-0.4, -0.2) is 132 Å². The average Bonchev–Trinajstić information content (AvgIpc) is 3.83. The molecule has 2 saturated heterocycles. The summed E-state index contributed by atoms with van der Waals surface area (Å²) in [4.78, 5) is 71.6. The van der Waals surface area contributed by atoms with Crippen LogP contribution in [-0.2, 0) is 19.2 Å². The number of amides is 5. The zero-order valence-electron chi connectivity index (χ0n) is 32.9. The summed E-state index contributed by atoms with van der Waals surface area (Å²) in [6, 6.07) is 4.17. The van der Waals surface area contributed by atoms with Crippen LogP contribution in [0.1, 0.15) is 97.1 Å². The number of nitrogens with one attached hydrogen (secondary N) is 5. The third-order valence-electron chi connectivity index (χ3n) is 10.9. The Bertz CT molecular complexity index is 1740. The minimum absolute atomic E-state index is 0.00394. The summed E-state index contributed by atoms with van der Waals surface area (Å²) in [5.41, 5.74) is 3.99. The molecule has 4 heterocycles. The fourth-order valence-corrected chi connectivity index (χ4v) is 7.59. The number of fused-ring (bicyclic) bond motifs is 1. The fourth-order valence-electron chi connectivity index (χ4n) is 7.59. The van der Waals surface area contributed by atoms with Crippen molar-refractivity contribution in [3.8, 4) is 0 Å². The van der Waals surface area contributed by atoms with E-state index in [1.165, 1.54) is 18.2 Å². The lowest BCUT2D eigenvalue weighted by Crippen LogP contribution is -2.49. The molecule has 0 unspecified atom stereocenters. The molecule has 306 valence electrons. The molecule has 6 N–H and O–H groups in total. The first-order valence-electron chi connectivity index (χ1n) is 20.2. The van der Waals surface area contributed by atoms with Crippen LogP contribution >= 0.6 is 0 Å². The molecular weight excluding hydrogens is 719 g/mol. The van der Waals surface area contributed by atoms with Gasteiger partial charge >= 0.3 is 0 Å². The lowest BCUT2D eigenvalue weighted by atomic mass is 10.0. The Morgan fingerprint density at radius 1 is 0.875 bits per heavy atom. The zero-order valence-corrected chi connectivity index (χ0v) is 32.9. The van der Waals surface area contributed by atoms with Gasteiger partial charge in [-0.15, -0.1) is 0 Å². The van der Waals surface area contributed by atoms with Crippen LogP contribution in [0.2, 0.25) is 0 Å². The highest BCUT2D eigenvalue weighted by molar-refractivity contribution is 6.35. The molecule has 14 nitrogen and oxygen atoms in total. The molecule has 1 atom stereocenters. The molecule has 0 saturated carbocycles. The number of carbonyl (C=O) groups is 5. The SMILES string of the molecule is Cc1[nH]c(/C=C2\C(=O)Nc3ccc(F)cc32)c(C)c1C(=O)NCCCN1CCN(CC(=O)NCCCCCCCCCC(=O)NCC(=O)N2CC[C@@H](O)C2)CC1. The summed E-state index contributed by atoms with van der Waals surface area (Å²) in [7, 11) is 0. The van der Waals surface area contributed by atoms with Gasteiger partial charge in [0, 0.05) is 81.4 Å². The van der Waals surface area contributed by atoms with Crippen LogP contribution < -0.4 is 21.3 Å². The molecule has 5 rings (SSSR count). The summed E-state index contributed by atoms with van der Waals surface area (Å²) in [5, 5.41) is 21.1. The van der Waals surface area contributed by atoms with E-state index in [4.69, 9.17) is 0 Å². The van der Waals surface area contributed by atoms with Crippen LogP contribution in [0.25, 0.3) is 11.6 Å². The van der Waals surface area contributed by atoms with E-state index in [-0.39, 0.29) is 36.1 Å². The zero-order chi connectivity index (χ0) is 40.0. The van der Waals surface area contributed by atoms with Gasteiger partial charge in [0.2, 0.25) is 17.7 Å². The second-order valence-corrected chi connectivity index (χ2v) is 15.2. The number of H-pyrrole nitrogens is 1. The van der Waals surface area contributed by atoms with E-state index in [0.717, 1.165) is 89.7 Å². The Balaban J connectivity index is 0.858. The number of nitrogens with zero attached hydrogens (tertiary/aromatic N) is 3. The van der Waals surface area contributed by atoms with E-state index >= 15 is 0 Å². The van der Waals surface area contributed by atoms with Crippen LogP contribution in [0.5, 0.6) is 0 Å². The fraction of sp³-hybridized carbons (Fsp3) is 0.585. The number of aliphatic hydroxyl groups is 1. The van der Waals surface area contributed by atoms with Crippen molar-refractivity contribution in [1.29, 1.82) is 0 Å². The highest BCUT2D eigenvalue weighted by atomic mass is 19.1. The number of aromatic amines is 1. The first-order valence-corrected chi connectivity index (χ1v) is 20.2. The Kier molecular flexibility index (Phi) is 16.0. The molecule has 5 amide bonds. The maximum atomic E-state index is 13.9. The number of likely N-dealkylation sites (tertiary alicyclic amines) is 1.